The number of hydrogen-bond acceptors (Lipinski definition) is 4. The molecule has 2 N–H and O–H groups in total. The second-order valence-electron chi connectivity index (χ2n) is 10.5. The van der Waals surface area contributed by atoms with Crippen LogP contribution in [0.3, 0.4) is 0 Å². The van der Waals surface area contributed by atoms with Crippen LogP contribution in [-0.2, 0) is 14.3 Å². The van der Waals surface area contributed by atoms with Crippen LogP contribution in [0.4, 0.5) is 4.79 Å². The summed E-state index contributed by atoms with van der Waals surface area (Å²) in [5.74, 6) is -0.729. The molecule has 0 heterocycles. The average molecular weight is 476 g/mol. The number of ether oxygens (including phenoxy) is 1. The Morgan fingerprint density at radius 2 is 1.65 bits per heavy atom. The van der Waals surface area contributed by atoms with Gasteiger partial charge in [-0.1, -0.05) is 51.0 Å². The second-order valence-corrected chi connectivity index (χ2v) is 10.5. The standard InChI is InChI=1S/C27H45N3O4/c1-11-13-20(7)28-24(31)23(21-16-18(5)14-15-19(21)6)30(12-2)25(32)22(17(3)4)29-26(33)34-27(8,9)10/h14-17,20,22-23H,11-13H2,1-10H3,(H,28,31)(H,29,33). The molecular weight excluding hydrogens is 430 g/mol. The Morgan fingerprint density at radius 1 is 1.03 bits per heavy atom. The van der Waals surface area contributed by atoms with Gasteiger partial charge in [-0.15, -0.1) is 0 Å². The van der Waals surface area contributed by atoms with Crippen LogP contribution in [0.25, 0.3) is 0 Å². The van der Waals surface area contributed by atoms with Crippen molar-refractivity contribution < 1.29 is 19.1 Å². The van der Waals surface area contributed by atoms with Gasteiger partial charge in [0.05, 0.1) is 0 Å². The van der Waals surface area contributed by atoms with Gasteiger partial charge in [0.1, 0.15) is 17.7 Å². The number of likely N-dealkylation sites (N-methyl/N-ethyl adjacent to an activating group) is 1. The molecule has 3 atom stereocenters. The highest BCUT2D eigenvalue weighted by atomic mass is 16.6. The first-order valence-electron chi connectivity index (χ1n) is 12.4. The molecule has 0 fully saturated rings. The van der Waals surface area contributed by atoms with Gasteiger partial charge in [-0.2, -0.15) is 0 Å². The minimum absolute atomic E-state index is 0.0142. The Labute approximate surface area is 206 Å². The van der Waals surface area contributed by atoms with Gasteiger partial charge in [-0.05, 0) is 71.9 Å². The second kappa shape index (κ2) is 12.8. The lowest BCUT2D eigenvalue weighted by Gasteiger charge is -2.36. The third kappa shape index (κ3) is 8.65. The minimum Gasteiger partial charge on any atom is -0.444 e. The summed E-state index contributed by atoms with van der Waals surface area (Å²) in [7, 11) is 0. The number of nitrogens with zero attached hydrogens (tertiary/aromatic N) is 1. The Balaban J connectivity index is 3.42. The Kier molecular flexibility index (Phi) is 11.1. The largest absolute Gasteiger partial charge is 0.444 e. The maximum atomic E-state index is 13.8. The van der Waals surface area contributed by atoms with Crippen molar-refractivity contribution in [1.82, 2.24) is 15.5 Å². The van der Waals surface area contributed by atoms with Gasteiger partial charge in [0.25, 0.3) is 0 Å². The zero-order valence-electron chi connectivity index (χ0n) is 22.7. The van der Waals surface area contributed by atoms with Gasteiger partial charge in [0.2, 0.25) is 11.8 Å². The minimum atomic E-state index is -0.830. The number of carbonyl (C=O) groups is 3. The van der Waals surface area contributed by atoms with Crippen LogP contribution in [0.5, 0.6) is 0 Å². The predicted octanol–water partition coefficient (Wildman–Crippen LogP) is 5.05. The van der Waals surface area contributed by atoms with E-state index < -0.39 is 23.8 Å². The van der Waals surface area contributed by atoms with Gasteiger partial charge < -0.3 is 20.3 Å². The molecule has 0 aliphatic carbocycles. The van der Waals surface area contributed by atoms with E-state index in [1.54, 1.807) is 25.7 Å². The summed E-state index contributed by atoms with van der Waals surface area (Å²) >= 11 is 0. The number of hydrogen-bond donors (Lipinski definition) is 2. The number of rotatable bonds is 10. The van der Waals surface area contributed by atoms with Crippen LogP contribution in [-0.4, -0.2) is 47.0 Å². The molecular formula is C27H45N3O4. The van der Waals surface area contributed by atoms with Gasteiger partial charge in [-0.25, -0.2) is 4.79 Å². The number of aryl methyl sites for hydroxylation is 2. The van der Waals surface area contributed by atoms with Crippen molar-refractivity contribution in [3.63, 3.8) is 0 Å². The molecule has 0 aliphatic heterocycles. The van der Waals surface area contributed by atoms with E-state index in [0.717, 1.165) is 29.5 Å². The molecule has 7 heteroatoms. The van der Waals surface area contributed by atoms with E-state index in [1.165, 1.54) is 0 Å². The quantitative estimate of drug-likeness (QED) is 0.496. The van der Waals surface area contributed by atoms with Gasteiger partial charge >= 0.3 is 6.09 Å². The molecule has 1 aromatic carbocycles. The third-order valence-electron chi connectivity index (χ3n) is 5.63. The van der Waals surface area contributed by atoms with Crippen molar-refractivity contribution in [1.29, 1.82) is 0 Å². The van der Waals surface area contributed by atoms with E-state index in [1.807, 2.05) is 59.7 Å². The Bertz CT molecular complexity index is 845. The summed E-state index contributed by atoms with van der Waals surface area (Å²) in [5.41, 5.74) is 2.05. The molecule has 7 nitrogen and oxygen atoms in total. The van der Waals surface area contributed by atoms with Gasteiger partial charge in [0, 0.05) is 12.6 Å². The van der Waals surface area contributed by atoms with Crippen LogP contribution in [0.15, 0.2) is 18.2 Å². The molecule has 0 aromatic heterocycles. The number of carbonyl (C=O) groups excluding carboxylic acids is 3. The van der Waals surface area contributed by atoms with E-state index >= 15 is 0 Å². The molecule has 0 spiro atoms. The summed E-state index contributed by atoms with van der Waals surface area (Å²) in [5, 5.41) is 5.83. The summed E-state index contributed by atoms with van der Waals surface area (Å²) in [4.78, 5) is 41.5. The topological polar surface area (TPSA) is 87.7 Å². The Morgan fingerprint density at radius 3 is 2.15 bits per heavy atom. The van der Waals surface area contributed by atoms with Crippen molar-refractivity contribution in [3.8, 4) is 0 Å². The first kappa shape index (κ1) is 29.5. The SMILES string of the molecule is CCCC(C)NC(=O)C(c1cc(C)ccc1C)N(CC)C(=O)C(NC(=O)OC(C)(C)C)C(C)C. The van der Waals surface area contributed by atoms with E-state index in [0.29, 0.717) is 6.54 Å². The van der Waals surface area contributed by atoms with E-state index in [4.69, 9.17) is 4.74 Å². The summed E-state index contributed by atoms with van der Waals surface area (Å²) in [6.45, 7) is 19.2. The lowest BCUT2D eigenvalue weighted by atomic mass is 9.94. The summed E-state index contributed by atoms with van der Waals surface area (Å²) in [6, 6.07) is 4.27. The maximum Gasteiger partial charge on any atom is 0.408 e. The number of alkyl carbamates (subject to hydrolysis) is 1. The highest BCUT2D eigenvalue weighted by molar-refractivity contribution is 5.92. The zero-order chi connectivity index (χ0) is 26.2. The van der Waals surface area contributed by atoms with Crippen LogP contribution in [0, 0.1) is 19.8 Å². The normalized spacial score (nSPS) is 14.2. The van der Waals surface area contributed by atoms with Gasteiger partial charge in [-0.3, -0.25) is 9.59 Å². The summed E-state index contributed by atoms with van der Waals surface area (Å²) < 4.78 is 5.39. The smallest absolute Gasteiger partial charge is 0.408 e. The van der Waals surface area contributed by atoms with Crippen LogP contribution < -0.4 is 10.6 Å². The molecule has 0 saturated heterocycles. The predicted molar refractivity (Wildman–Crippen MR) is 137 cm³/mol. The zero-order valence-corrected chi connectivity index (χ0v) is 22.7. The number of benzene rings is 1. The van der Waals surface area contributed by atoms with Crippen molar-refractivity contribution in [2.45, 2.75) is 106 Å². The molecule has 3 unspecified atom stereocenters. The number of amides is 3. The molecule has 0 aliphatic rings. The van der Waals surface area contributed by atoms with Crippen molar-refractivity contribution in [2.75, 3.05) is 6.54 Å². The fraction of sp³-hybridized carbons (Fsp3) is 0.667. The lowest BCUT2D eigenvalue weighted by Crippen LogP contribution is -2.55. The molecule has 3 amide bonds. The number of nitrogens with one attached hydrogen (secondary N) is 2. The molecule has 1 rings (SSSR count). The molecule has 192 valence electrons. The fourth-order valence-corrected chi connectivity index (χ4v) is 3.92. The first-order valence-corrected chi connectivity index (χ1v) is 12.4. The monoisotopic (exact) mass is 475 g/mol. The highest BCUT2D eigenvalue weighted by Gasteiger charge is 2.37. The first-order chi connectivity index (χ1) is 15.7. The molecule has 0 bridgehead atoms. The third-order valence-corrected chi connectivity index (χ3v) is 5.63. The summed E-state index contributed by atoms with van der Waals surface area (Å²) in [6.07, 6.45) is 1.14. The molecule has 1 aromatic rings. The van der Waals surface area contributed by atoms with Crippen molar-refractivity contribution >= 4 is 17.9 Å². The van der Waals surface area contributed by atoms with Crippen LogP contribution >= 0.6 is 0 Å². The van der Waals surface area contributed by atoms with Crippen molar-refractivity contribution in [2.24, 2.45) is 5.92 Å². The van der Waals surface area contributed by atoms with E-state index in [2.05, 4.69) is 17.6 Å². The van der Waals surface area contributed by atoms with E-state index in [-0.39, 0.29) is 23.8 Å². The molecule has 0 radical (unpaired) electrons. The molecule has 34 heavy (non-hydrogen) atoms. The average Bonchev–Trinajstić information content (AvgIpc) is 2.70. The van der Waals surface area contributed by atoms with Crippen LogP contribution in [0.1, 0.15) is 91.0 Å². The van der Waals surface area contributed by atoms with Crippen LogP contribution in [0.2, 0.25) is 0 Å². The van der Waals surface area contributed by atoms with Crippen molar-refractivity contribution in [3.05, 3.63) is 34.9 Å². The van der Waals surface area contributed by atoms with E-state index in [9.17, 15) is 14.4 Å². The highest BCUT2D eigenvalue weighted by Crippen LogP contribution is 2.27. The maximum absolute atomic E-state index is 13.8. The fourth-order valence-electron chi connectivity index (χ4n) is 3.92. The molecule has 0 saturated carbocycles. The lowest BCUT2D eigenvalue weighted by molar-refractivity contribution is -0.143. The van der Waals surface area contributed by atoms with Gasteiger partial charge in [0.15, 0.2) is 0 Å². The Hall–Kier alpha value is -2.57.